The highest BCUT2D eigenvalue weighted by Gasteiger charge is 2.25. The lowest BCUT2D eigenvalue weighted by Gasteiger charge is -2.28. The fraction of sp³-hybridized carbons (Fsp3) is 0.269. The number of ether oxygens (including phenoxy) is 1. The van der Waals surface area contributed by atoms with Crippen LogP contribution in [0.3, 0.4) is 0 Å². The highest BCUT2D eigenvalue weighted by molar-refractivity contribution is 8.00. The van der Waals surface area contributed by atoms with Gasteiger partial charge in [0.2, 0.25) is 11.9 Å². The van der Waals surface area contributed by atoms with Crippen LogP contribution in [-0.2, 0) is 9.53 Å². The first-order chi connectivity index (χ1) is 16.6. The molecule has 0 radical (unpaired) electrons. The standard InChI is InChI=1S/C26H27N5O2S/c1-18-7-5-10-21(17-18)31-25(30-13-15-33-16-14-30)28-29-26(31)34-19(2)24(32)27-23-12-6-9-20-8-3-4-11-22(20)23/h3-12,17,19H,13-16H2,1-2H3,(H,27,32). The second-order valence-electron chi connectivity index (χ2n) is 8.33. The van der Waals surface area contributed by atoms with Crippen molar-refractivity contribution in [1.82, 2.24) is 14.8 Å². The largest absolute Gasteiger partial charge is 0.378 e. The lowest BCUT2D eigenvalue weighted by molar-refractivity contribution is -0.115. The third kappa shape index (κ3) is 4.64. The van der Waals surface area contributed by atoms with Crippen molar-refractivity contribution in [2.75, 3.05) is 36.5 Å². The normalized spacial score (nSPS) is 14.8. The number of fused-ring (bicyclic) bond motifs is 1. The van der Waals surface area contributed by atoms with Crippen molar-refractivity contribution in [1.29, 1.82) is 0 Å². The van der Waals surface area contributed by atoms with E-state index >= 15 is 0 Å². The Bertz CT molecular complexity index is 1310. The van der Waals surface area contributed by atoms with Crippen molar-refractivity contribution in [3.05, 3.63) is 72.3 Å². The fourth-order valence-electron chi connectivity index (χ4n) is 4.08. The molecule has 4 aromatic rings. The van der Waals surface area contributed by atoms with E-state index in [0.717, 1.165) is 46.7 Å². The third-order valence-electron chi connectivity index (χ3n) is 5.87. The number of morpholine rings is 1. The van der Waals surface area contributed by atoms with Gasteiger partial charge in [-0.05, 0) is 43.0 Å². The Labute approximate surface area is 203 Å². The number of carbonyl (C=O) groups is 1. The van der Waals surface area contributed by atoms with E-state index in [1.165, 1.54) is 11.8 Å². The molecule has 5 rings (SSSR count). The molecular formula is C26H27N5O2S. The van der Waals surface area contributed by atoms with Crippen LogP contribution < -0.4 is 10.2 Å². The molecule has 0 saturated carbocycles. The molecule has 0 bridgehead atoms. The van der Waals surface area contributed by atoms with Crippen LogP contribution in [0.25, 0.3) is 16.5 Å². The predicted molar refractivity (Wildman–Crippen MR) is 137 cm³/mol. The van der Waals surface area contributed by atoms with Crippen LogP contribution in [0.5, 0.6) is 0 Å². The van der Waals surface area contributed by atoms with Crippen molar-refractivity contribution in [3.8, 4) is 5.69 Å². The zero-order valence-electron chi connectivity index (χ0n) is 19.3. The monoisotopic (exact) mass is 473 g/mol. The molecule has 1 aliphatic heterocycles. The van der Waals surface area contributed by atoms with Crippen LogP contribution in [0, 0.1) is 6.92 Å². The molecule has 1 fully saturated rings. The van der Waals surface area contributed by atoms with Crippen molar-refractivity contribution in [2.45, 2.75) is 24.3 Å². The summed E-state index contributed by atoms with van der Waals surface area (Å²) >= 11 is 1.41. The molecule has 1 unspecified atom stereocenters. The molecule has 1 N–H and O–H groups in total. The summed E-state index contributed by atoms with van der Waals surface area (Å²) in [6.07, 6.45) is 0. The SMILES string of the molecule is Cc1cccc(-n2c(SC(C)C(=O)Nc3cccc4ccccc34)nnc2N2CCOCC2)c1. The summed E-state index contributed by atoms with van der Waals surface area (Å²) in [4.78, 5) is 15.3. The van der Waals surface area contributed by atoms with E-state index in [0.29, 0.717) is 18.4 Å². The van der Waals surface area contributed by atoms with Gasteiger partial charge >= 0.3 is 0 Å². The van der Waals surface area contributed by atoms with Gasteiger partial charge in [-0.1, -0.05) is 60.3 Å². The summed E-state index contributed by atoms with van der Waals surface area (Å²) in [6, 6.07) is 22.2. The van der Waals surface area contributed by atoms with Gasteiger partial charge in [-0.2, -0.15) is 0 Å². The second-order valence-corrected chi connectivity index (χ2v) is 9.64. The maximum Gasteiger partial charge on any atom is 0.237 e. The summed E-state index contributed by atoms with van der Waals surface area (Å²) in [5.41, 5.74) is 2.94. The van der Waals surface area contributed by atoms with Crippen molar-refractivity contribution in [2.24, 2.45) is 0 Å². The molecule has 1 amide bonds. The van der Waals surface area contributed by atoms with Gasteiger partial charge < -0.3 is 15.0 Å². The Kier molecular flexibility index (Phi) is 6.51. The number of nitrogens with zero attached hydrogens (tertiary/aromatic N) is 4. The molecule has 0 aliphatic carbocycles. The quantitative estimate of drug-likeness (QED) is 0.410. The summed E-state index contributed by atoms with van der Waals surface area (Å²) in [5.74, 6) is 0.700. The summed E-state index contributed by atoms with van der Waals surface area (Å²) in [6.45, 7) is 6.79. The molecule has 8 heteroatoms. The zero-order chi connectivity index (χ0) is 23.5. The van der Waals surface area contributed by atoms with Crippen LogP contribution in [-0.4, -0.2) is 52.2 Å². The molecule has 2 heterocycles. The highest BCUT2D eigenvalue weighted by Crippen LogP contribution is 2.31. The smallest absolute Gasteiger partial charge is 0.237 e. The predicted octanol–water partition coefficient (Wildman–Crippen LogP) is 4.68. The van der Waals surface area contributed by atoms with E-state index in [4.69, 9.17) is 4.74 Å². The Morgan fingerprint density at radius 2 is 1.79 bits per heavy atom. The van der Waals surface area contributed by atoms with Crippen molar-refractivity contribution >= 4 is 40.1 Å². The lowest BCUT2D eigenvalue weighted by Crippen LogP contribution is -2.38. The molecule has 1 aliphatic rings. The number of aryl methyl sites for hydroxylation is 1. The lowest BCUT2D eigenvalue weighted by atomic mass is 10.1. The Balaban J connectivity index is 1.42. The molecule has 1 atom stereocenters. The first-order valence-electron chi connectivity index (χ1n) is 11.4. The van der Waals surface area contributed by atoms with Gasteiger partial charge in [0.05, 0.1) is 24.2 Å². The Morgan fingerprint density at radius 3 is 2.62 bits per heavy atom. The number of amides is 1. The minimum Gasteiger partial charge on any atom is -0.378 e. The molecule has 34 heavy (non-hydrogen) atoms. The molecule has 7 nitrogen and oxygen atoms in total. The molecule has 1 saturated heterocycles. The van der Waals surface area contributed by atoms with E-state index in [9.17, 15) is 4.79 Å². The fourth-order valence-corrected chi connectivity index (χ4v) is 4.94. The molecular weight excluding hydrogens is 446 g/mol. The first-order valence-corrected chi connectivity index (χ1v) is 12.3. The van der Waals surface area contributed by atoms with Crippen LogP contribution in [0.4, 0.5) is 11.6 Å². The minimum atomic E-state index is -0.371. The average molecular weight is 474 g/mol. The van der Waals surface area contributed by atoms with Crippen LogP contribution >= 0.6 is 11.8 Å². The van der Waals surface area contributed by atoms with E-state index in [2.05, 4.69) is 39.5 Å². The van der Waals surface area contributed by atoms with Gasteiger partial charge in [-0.25, -0.2) is 0 Å². The number of carbonyl (C=O) groups excluding carboxylic acids is 1. The Hall–Kier alpha value is -3.36. The summed E-state index contributed by atoms with van der Waals surface area (Å²) in [7, 11) is 0. The third-order valence-corrected chi connectivity index (χ3v) is 6.91. The molecule has 3 aromatic carbocycles. The van der Waals surface area contributed by atoms with E-state index < -0.39 is 0 Å². The van der Waals surface area contributed by atoms with Crippen molar-refractivity contribution in [3.63, 3.8) is 0 Å². The molecule has 174 valence electrons. The van der Waals surface area contributed by atoms with Gasteiger partial charge in [-0.15, -0.1) is 10.2 Å². The maximum absolute atomic E-state index is 13.2. The topological polar surface area (TPSA) is 72.3 Å². The first kappa shape index (κ1) is 22.4. The molecule has 0 spiro atoms. The number of benzene rings is 3. The van der Waals surface area contributed by atoms with Gasteiger partial charge in [-0.3, -0.25) is 9.36 Å². The van der Waals surface area contributed by atoms with Crippen molar-refractivity contribution < 1.29 is 9.53 Å². The number of hydrogen-bond acceptors (Lipinski definition) is 6. The number of thioether (sulfide) groups is 1. The number of anilines is 2. The van der Waals surface area contributed by atoms with Gasteiger partial charge in [0.1, 0.15) is 0 Å². The van der Waals surface area contributed by atoms with Gasteiger partial charge in [0.25, 0.3) is 0 Å². The van der Waals surface area contributed by atoms with E-state index in [1.54, 1.807) is 0 Å². The summed E-state index contributed by atoms with van der Waals surface area (Å²) in [5, 5.41) is 14.5. The van der Waals surface area contributed by atoms with Crippen LogP contribution in [0.2, 0.25) is 0 Å². The Morgan fingerprint density at radius 1 is 1.03 bits per heavy atom. The molecule has 1 aromatic heterocycles. The minimum absolute atomic E-state index is 0.0759. The number of aromatic nitrogens is 3. The number of nitrogens with one attached hydrogen (secondary N) is 1. The number of rotatable bonds is 6. The average Bonchev–Trinajstić information content (AvgIpc) is 3.28. The van der Waals surface area contributed by atoms with Gasteiger partial charge in [0.15, 0.2) is 5.16 Å². The van der Waals surface area contributed by atoms with E-state index in [1.807, 2.05) is 66.1 Å². The van der Waals surface area contributed by atoms with Crippen LogP contribution in [0.15, 0.2) is 71.9 Å². The maximum atomic E-state index is 13.2. The number of hydrogen-bond donors (Lipinski definition) is 1. The van der Waals surface area contributed by atoms with E-state index in [-0.39, 0.29) is 11.2 Å². The second kappa shape index (κ2) is 9.87. The highest BCUT2D eigenvalue weighted by atomic mass is 32.2. The van der Waals surface area contributed by atoms with Crippen LogP contribution in [0.1, 0.15) is 12.5 Å². The van der Waals surface area contributed by atoms with Gasteiger partial charge in [0, 0.05) is 24.2 Å². The zero-order valence-corrected chi connectivity index (χ0v) is 20.1. The summed E-state index contributed by atoms with van der Waals surface area (Å²) < 4.78 is 7.56.